The Kier molecular flexibility index (Phi) is 2.75. The monoisotopic (exact) mass is 301 g/mol. The molecule has 2 nitrogen and oxygen atoms in total. The molecule has 2 aromatic rings. The lowest BCUT2D eigenvalue weighted by molar-refractivity contribution is 0.0934. The van der Waals surface area contributed by atoms with Crippen molar-refractivity contribution in [3.63, 3.8) is 0 Å². The highest BCUT2D eigenvalue weighted by atomic mass is 16.1. The molecule has 2 unspecified atom stereocenters. The Bertz CT molecular complexity index is 871. The van der Waals surface area contributed by atoms with E-state index in [4.69, 9.17) is 0 Å². The summed E-state index contributed by atoms with van der Waals surface area (Å²) in [5.41, 5.74) is 3.51. The summed E-state index contributed by atoms with van der Waals surface area (Å²) < 4.78 is 0. The maximum absolute atomic E-state index is 13.0. The third-order valence-electron chi connectivity index (χ3n) is 5.56. The van der Waals surface area contributed by atoms with Gasteiger partial charge in [0.1, 0.15) is 0 Å². The van der Waals surface area contributed by atoms with Crippen LogP contribution in [0.2, 0.25) is 0 Å². The van der Waals surface area contributed by atoms with E-state index in [1.165, 1.54) is 34.9 Å². The van der Waals surface area contributed by atoms with Crippen LogP contribution in [0.3, 0.4) is 0 Å². The molecule has 2 atom stereocenters. The molecule has 0 radical (unpaired) electrons. The van der Waals surface area contributed by atoms with Gasteiger partial charge in [-0.05, 0) is 29.9 Å². The zero-order valence-electron chi connectivity index (χ0n) is 13.0. The fourth-order valence-electron chi connectivity index (χ4n) is 4.47. The van der Waals surface area contributed by atoms with Crippen LogP contribution in [0, 0.1) is 5.92 Å². The average molecular weight is 301 g/mol. The average Bonchev–Trinajstić information content (AvgIpc) is 3.13. The molecular formula is C21H19NO. The zero-order valence-corrected chi connectivity index (χ0v) is 13.0. The zero-order chi connectivity index (χ0) is 15.4. The van der Waals surface area contributed by atoms with Crippen LogP contribution in [0.4, 0.5) is 5.69 Å². The van der Waals surface area contributed by atoms with E-state index in [1.54, 1.807) is 0 Å². The summed E-state index contributed by atoms with van der Waals surface area (Å²) in [7, 11) is 0. The SMILES string of the molecule is O=C1c2cccc3c(N4CCCC4)ccc(c23)C2C=CC=CC12. The van der Waals surface area contributed by atoms with Gasteiger partial charge in [0.25, 0.3) is 0 Å². The van der Waals surface area contributed by atoms with Gasteiger partial charge < -0.3 is 4.90 Å². The van der Waals surface area contributed by atoms with Crippen molar-refractivity contribution in [3.05, 3.63) is 65.8 Å². The molecule has 0 aromatic heterocycles. The molecular weight excluding hydrogens is 282 g/mol. The van der Waals surface area contributed by atoms with Crippen LogP contribution in [-0.4, -0.2) is 18.9 Å². The Morgan fingerprint density at radius 3 is 2.52 bits per heavy atom. The lowest BCUT2D eigenvalue weighted by atomic mass is 9.71. The molecule has 2 heteroatoms. The fourth-order valence-corrected chi connectivity index (χ4v) is 4.47. The van der Waals surface area contributed by atoms with E-state index >= 15 is 0 Å². The molecule has 0 N–H and O–H groups in total. The molecule has 0 bridgehead atoms. The summed E-state index contributed by atoms with van der Waals surface area (Å²) in [5, 5.41) is 2.43. The van der Waals surface area contributed by atoms with Gasteiger partial charge in [-0.3, -0.25) is 4.79 Å². The standard InChI is InChI=1S/C21H19NO/c23-21-16-7-2-1-6-14(16)15-10-11-19(22-12-3-4-13-22)17-8-5-9-18(21)20(15)17/h1-2,5-11,14,16H,3-4,12-13H2. The number of hydrogen-bond donors (Lipinski definition) is 0. The van der Waals surface area contributed by atoms with Gasteiger partial charge in [0.05, 0.1) is 5.92 Å². The number of benzene rings is 2. The normalized spacial score (nSPS) is 25.2. The first-order valence-corrected chi connectivity index (χ1v) is 8.54. The molecule has 1 saturated heterocycles. The third kappa shape index (κ3) is 1.78. The van der Waals surface area contributed by atoms with E-state index in [2.05, 4.69) is 41.3 Å². The van der Waals surface area contributed by atoms with Gasteiger partial charge >= 0.3 is 0 Å². The summed E-state index contributed by atoms with van der Waals surface area (Å²) in [4.78, 5) is 15.4. The van der Waals surface area contributed by atoms with Crippen molar-refractivity contribution in [3.8, 4) is 0 Å². The molecule has 5 rings (SSSR count). The minimum absolute atomic E-state index is 0.0317. The second-order valence-electron chi connectivity index (χ2n) is 6.78. The third-order valence-corrected chi connectivity index (χ3v) is 5.56. The van der Waals surface area contributed by atoms with Crippen LogP contribution >= 0.6 is 0 Å². The van der Waals surface area contributed by atoms with Crippen LogP contribution in [0.1, 0.15) is 34.7 Å². The molecule has 1 aliphatic heterocycles. The number of rotatable bonds is 1. The quantitative estimate of drug-likeness (QED) is 0.775. The Morgan fingerprint density at radius 2 is 1.70 bits per heavy atom. The van der Waals surface area contributed by atoms with Crippen molar-refractivity contribution in [2.24, 2.45) is 5.92 Å². The van der Waals surface area contributed by atoms with Crippen LogP contribution in [-0.2, 0) is 0 Å². The number of fused-ring (bicyclic) bond motifs is 2. The van der Waals surface area contributed by atoms with Crippen molar-refractivity contribution in [2.45, 2.75) is 18.8 Å². The number of hydrogen-bond acceptors (Lipinski definition) is 2. The summed E-state index contributed by atoms with van der Waals surface area (Å²) >= 11 is 0. The van der Waals surface area contributed by atoms with Crippen molar-refractivity contribution in [1.82, 2.24) is 0 Å². The van der Waals surface area contributed by atoms with Crippen LogP contribution in [0.5, 0.6) is 0 Å². The second kappa shape index (κ2) is 4.82. The summed E-state index contributed by atoms with van der Waals surface area (Å²) in [6.07, 6.45) is 10.8. The molecule has 0 spiro atoms. The lowest BCUT2D eigenvalue weighted by Gasteiger charge is -2.32. The van der Waals surface area contributed by atoms with E-state index in [-0.39, 0.29) is 17.6 Å². The van der Waals surface area contributed by atoms with E-state index in [9.17, 15) is 4.79 Å². The molecule has 1 heterocycles. The molecule has 2 aromatic carbocycles. The van der Waals surface area contributed by atoms with Crippen molar-refractivity contribution in [1.29, 1.82) is 0 Å². The van der Waals surface area contributed by atoms with E-state index in [1.807, 2.05) is 18.2 Å². The van der Waals surface area contributed by atoms with Gasteiger partial charge in [-0.25, -0.2) is 0 Å². The van der Waals surface area contributed by atoms with Gasteiger partial charge in [0.15, 0.2) is 5.78 Å². The first kappa shape index (κ1) is 13.1. The molecule has 0 amide bonds. The summed E-state index contributed by atoms with van der Waals surface area (Å²) in [6.45, 7) is 2.25. The van der Waals surface area contributed by atoms with E-state index in [0.717, 1.165) is 18.7 Å². The molecule has 0 saturated carbocycles. The fraction of sp³-hybridized carbons (Fsp3) is 0.286. The van der Waals surface area contributed by atoms with E-state index < -0.39 is 0 Å². The van der Waals surface area contributed by atoms with Gasteiger partial charge in [0.2, 0.25) is 0 Å². The largest absolute Gasteiger partial charge is 0.371 e. The maximum atomic E-state index is 13.0. The topological polar surface area (TPSA) is 20.3 Å². The Hall–Kier alpha value is -2.35. The maximum Gasteiger partial charge on any atom is 0.171 e. The number of anilines is 1. The van der Waals surface area contributed by atoms with Gasteiger partial charge in [0, 0.05) is 35.6 Å². The van der Waals surface area contributed by atoms with Crippen molar-refractivity contribution >= 4 is 22.2 Å². The van der Waals surface area contributed by atoms with Crippen LogP contribution < -0.4 is 4.90 Å². The van der Waals surface area contributed by atoms with Gasteiger partial charge in [-0.1, -0.05) is 48.6 Å². The minimum atomic E-state index is -0.0317. The van der Waals surface area contributed by atoms with Crippen molar-refractivity contribution < 1.29 is 4.79 Å². The molecule has 2 aliphatic carbocycles. The van der Waals surface area contributed by atoms with Gasteiger partial charge in [-0.2, -0.15) is 0 Å². The Morgan fingerprint density at radius 1 is 0.913 bits per heavy atom. The molecule has 114 valence electrons. The number of Topliss-reactive ketones (excluding diaryl/α,β-unsaturated/α-hetero) is 1. The predicted molar refractivity (Wildman–Crippen MR) is 94.2 cm³/mol. The number of carbonyl (C=O) groups excluding carboxylic acids is 1. The van der Waals surface area contributed by atoms with Crippen LogP contribution in [0.25, 0.3) is 10.8 Å². The molecule has 3 aliphatic rings. The second-order valence-corrected chi connectivity index (χ2v) is 6.78. The smallest absolute Gasteiger partial charge is 0.171 e. The Balaban J connectivity index is 1.80. The number of allylic oxidation sites excluding steroid dienone is 4. The highest BCUT2D eigenvalue weighted by Crippen LogP contribution is 2.45. The number of carbonyl (C=O) groups is 1. The van der Waals surface area contributed by atoms with Crippen molar-refractivity contribution in [2.75, 3.05) is 18.0 Å². The first-order valence-electron chi connectivity index (χ1n) is 8.54. The number of ketones is 1. The van der Waals surface area contributed by atoms with Gasteiger partial charge in [-0.15, -0.1) is 0 Å². The molecule has 23 heavy (non-hydrogen) atoms. The Labute approximate surface area is 136 Å². The highest BCUT2D eigenvalue weighted by Gasteiger charge is 2.35. The van der Waals surface area contributed by atoms with E-state index in [0.29, 0.717) is 0 Å². The first-order chi connectivity index (χ1) is 11.3. The van der Waals surface area contributed by atoms with Crippen LogP contribution in [0.15, 0.2) is 54.6 Å². The molecule has 1 fully saturated rings. The lowest BCUT2D eigenvalue weighted by Crippen LogP contribution is -2.26. The highest BCUT2D eigenvalue weighted by molar-refractivity contribution is 6.16. The summed E-state index contributed by atoms with van der Waals surface area (Å²) in [6, 6.07) is 10.8. The number of nitrogens with zero attached hydrogens (tertiary/aromatic N) is 1. The minimum Gasteiger partial charge on any atom is -0.371 e. The summed E-state index contributed by atoms with van der Waals surface area (Å²) in [5.74, 6) is 0.431. The predicted octanol–water partition coefficient (Wildman–Crippen LogP) is 4.46.